The number of carbonyl (C=O) groups is 1. The van der Waals surface area contributed by atoms with Crippen LogP contribution in [0.2, 0.25) is 5.02 Å². The normalized spacial score (nSPS) is 15.7. The van der Waals surface area contributed by atoms with E-state index in [9.17, 15) is 9.90 Å². The van der Waals surface area contributed by atoms with Gasteiger partial charge in [0.25, 0.3) is 0 Å². The number of likely N-dealkylation sites (N-methyl/N-ethyl adjacent to an activating group) is 1. The van der Waals surface area contributed by atoms with E-state index in [1.165, 1.54) is 0 Å². The maximum Gasteiger partial charge on any atom is 0.336 e. The number of carboxylic acid groups (broad SMARTS) is 1. The van der Waals surface area contributed by atoms with E-state index in [0.717, 1.165) is 37.4 Å². The highest BCUT2D eigenvalue weighted by Gasteiger charge is 2.19. The Hall–Kier alpha value is -2.04. The molecular weight excluding hydrogens is 312 g/mol. The molecule has 1 fully saturated rings. The van der Waals surface area contributed by atoms with Crippen molar-refractivity contribution in [2.24, 2.45) is 0 Å². The van der Waals surface area contributed by atoms with Gasteiger partial charge >= 0.3 is 5.97 Å². The van der Waals surface area contributed by atoms with E-state index in [1.807, 2.05) is 30.3 Å². The number of hydrogen-bond donors (Lipinski definition) is 1. The molecule has 0 saturated carbocycles. The molecule has 120 valence electrons. The van der Waals surface area contributed by atoms with E-state index >= 15 is 0 Å². The topological polar surface area (TPSA) is 43.8 Å². The summed E-state index contributed by atoms with van der Waals surface area (Å²) in [5.41, 5.74) is 2.73. The second-order valence-electron chi connectivity index (χ2n) is 5.81. The van der Waals surface area contributed by atoms with Crippen molar-refractivity contribution in [3.05, 3.63) is 53.1 Å². The minimum atomic E-state index is -0.940. The second kappa shape index (κ2) is 6.60. The van der Waals surface area contributed by atoms with Crippen molar-refractivity contribution in [3.8, 4) is 11.1 Å². The second-order valence-corrected chi connectivity index (χ2v) is 6.21. The number of piperazine rings is 1. The van der Waals surface area contributed by atoms with E-state index in [4.69, 9.17) is 11.6 Å². The largest absolute Gasteiger partial charge is 0.478 e. The zero-order chi connectivity index (χ0) is 16.4. The summed E-state index contributed by atoms with van der Waals surface area (Å²) < 4.78 is 0. The third-order valence-electron chi connectivity index (χ3n) is 4.27. The number of rotatable bonds is 3. The summed E-state index contributed by atoms with van der Waals surface area (Å²) >= 11 is 6.28. The summed E-state index contributed by atoms with van der Waals surface area (Å²) in [5.74, 6) is -0.940. The van der Waals surface area contributed by atoms with Crippen LogP contribution in [0, 0.1) is 0 Å². The first-order chi connectivity index (χ1) is 11.1. The SMILES string of the molecule is CN1CCN(c2ccc(C(=O)O)c(-c3ccccc3Cl)c2)CC1. The number of anilines is 1. The highest BCUT2D eigenvalue weighted by Crippen LogP contribution is 2.33. The molecule has 1 saturated heterocycles. The Morgan fingerprint density at radius 1 is 1.04 bits per heavy atom. The molecule has 0 unspecified atom stereocenters. The summed E-state index contributed by atoms with van der Waals surface area (Å²) in [6.07, 6.45) is 0. The Kier molecular flexibility index (Phi) is 4.55. The van der Waals surface area contributed by atoms with Gasteiger partial charge in [0.2, 0.25) is 0 Å². The van der Waals surface area contributed by atoms with Crippen molar-refractivity contribution in [2.45, 2.75) is 0 Å². The van der Waals surface area contributed by atoms with Crippen LogP contribution in [-0.2, 0) is 0 Å². The molecule has 0 amide bonds. The van der Waals surface area contributed by atoms with E-state index in [-0.39, 0.29) is 5.56 Å². The Labute approximate surface area is 140 Å². The number of carboxylic acids is 1. The Bertz CT molecular complexity index is 725. The first-order valence-corrected chi connectivity index (χ1v) is 8.00. The Morgan fingerprint density at radius 2 is 1.74 bits per heavy atom. The van der Waals surface area contributed by atoms with Gasteiger partial charge in [-0.2, -0.15) is 0 Å². The molecule has 0 spiro atoms. The van der Waals surface area contributed by atoms with Gasteiger partial charge < -0.3 is 14.9 Å². The molecule has 0 bridgehead atoms. The van der Waals surface area contributed by atoms with Gasteiger partial charge in [-0.3, -0.25) is 0 Å². The van der Waals surface area contributed by atoms with Crippen molar-refractivity contribution in [1.29, 1.82) is 0 Å². The van der Waals surface area contributed by atoms with Crippen LogP contribution < -0.4 is 4.90 Å². The number of aromatic carboxylic acids is 1. The van der Waals surface area contributed by atoms with Crippen molar-refractivity contribution in [3.63, 3.8) is 0 Å². The standard InChI is InChI=1S/C18H19ClN2O2/c1-20-8-10-21(11-9-20)13-6-7-15(18(22)23)16(12-13)14-4-2-3-5-17(14)19/h2-7,12H,8-11H2,1H3,(H,22,23). The number of hydrogen-bond acceptors (Lipinski definition) is 3. The Balaban J connectivity index is 2.04. The number of halogens is 1. The predicted molar refractivity (Wildman–Crippen MR) is 93.6 cm³/mol. The molecule has 1 aliphatic heterocycles. The average molecular weight is 331 g/mol. The zero-order valence-corrected chi connectivity index (χ0v) is 13.8. The fraction of sp³-hybridized carbons (Fsp3) is 0.278. The molecule has 2 aromatic carbocycles. The third-order valence-corrected chi connectivity index (χ3v) is 4.60. The van der Waals surface area contributed by atoms with Crippen LogP contribution in [0.1, 0.15) is 10.4 Å². The summed E-state index contributed by atoms with van der Waals surface area (Å²) in [4.78, 5) is 16.1. The molecule has 0 radical (unpaired) electrons. The van der Waals surface area contributed by atoms with Crippen LogP contribution in [0.3, 0.4) is 0 Å². The van der Waals surface area contributed by atoms with Crippen molar-refractivity contribution >= 4 is 23.3 Å². The quantitative estimate of drug-likeness (QED) is 0.936. The maximum absolute atomic E-state index is 11.6. The fourth-order valence-corrected chi connectivity index (χ4v) is 3.12. The average Bonchev–Trinajstić information content (AvgIpc) is 2.55. The summed E-state index contributed by atoms with van der Waals surface area (Å²) in [6.45, 7) is 3.87. The minimum absolute atomic E-state index is 0.274. The lowest BCUT2D eigenvalue weighted by molar-refractivity contribution is 0.0698. The molecular formula is C18H19ClN2O2. The molecule has 0 atom stereocenters. The summed E-state index contributed by atoms with van der Waals surface area (Å²) in [6, 6.07) is 12.9. The molecule has 5 heteroatoms. The summed E-state index contributed by atoms with van der Waals surface area (Å²) in [7, 11) is 2.11. The molecule has 23 heavy (non-hydrogen) atoms. The minimum Gasteiger partial charge on any atom is -0.478 e. The highest BCUT2D eigenvalue weighted by atomic mass is 35.5. The molecule has 4 nitrogen and oxygen atoms in total. The van der Waals surface area contributed by atoms with Crippen LogP contribution >= 0.6 is 11.6 Å². The van der Waals surface area contributed by atoms with E-state index in [0.29, 0.717) is 10.6 Å². The lowest BCUT2D eigenvalue weighted by atomic mass is 9.98. The molecule has 0 aliphatic carbocycles. The lowest BCUT2D eigenvalue weighted by Gasteiger charge is -2.34. The third kappa shape index (κ3) is 3.33. The molecule has 1 aliphatic rings. The van der Waals surface area contributed by atoms with Gasteiger partial charge in [0.05, 0.1) is 5.56 Å². The summed E-state index contributed by atoms with van der Waals surface area (Å²) in [5, 5.41) is 10.1. The van der Waals surface area contributed by atoms with Crippen molar-refractivity contribution in [1.82, 2.24) is 4.90 Å². The van der Waals surface area contributed by atoms with Crippen LogP contribution in [0.15, 0.2) is 42.5 Å². The van der Waals surface area contributed by atoms with Crippen molar-refractivity contribution < 1.29 is 9.90 Å². The van der Waals surface area contributed by atoms with Gasteiger partial charge in [0, 0.05) is 42.5 Å². The van der Waals surface area contributed by atoms with Gasteiger partial charge in [-0.05, 0) is 36.9 Å². The molecule has 1 heterocycles. The maximum atomic E-state index is 11.6. The van der Waals surface area contributed by atoms with Crippen LogP contribution in [-0.4, -0.2) is 49.2 Å². The van der Waals surface area contributed by atoms with Gasteiger partial charge in [0.15, 0.2) is 0 Å². The molecule has 1 N–H and O–H groups in total. The first kappa shape index (κ1) is 15.8. The molecule has 0 aromatic heterocycles. The Morgan fingerprint density at radius 3 is 2.39 bits per heavy atom. The lowest BCUT2D eigenvalue weighted by Crippen LogP contribution is -2.44. The van der Waals surface area contributed by atoms with Gasteiger partial charge in [0.1, 0.15) is 0 Å². The van der Waals surface area contributed by atoms with E-state index in [1.54, 1.807) is 12.1 Å². The van der Waals surface area contributed by atoms with Crippen molar-refractivity contribution in [2.75, 3.05) is 38.1 Å². The monoisotopic (exact) mass is 330 g/mol. The van der Waals surface area contributed by atoms with Crippen LogP contribution in [0.5, 0.6) is 0 Å². The zero-order valence-electron chi connectivity index (χ0n) is 13.0. The van der Waals surface area contributed by atoms with E-state index < -0.39 is 5.97 Å². The number of nitrogens with zero attached hydrogens (tertiary/aromatic N) is 2. The molecule has 3 rings (SSSR count). The van der Waals surface area contributed by atoms with Gasteiger partial charge in [-0.25, -0.2) is 4.79 Å². The van der Waals surface area contributed by atoms with Gasteiger partial charge in [-0.1, -0.05) is 29.8 Å². The fourth-order valence-electron chi connectivity index (χ4n) is 2.88. The molecule has 2 aromatic rings. The predicted octanol–water partition coefficient (Wildman–Crippen LogP) is 3.46. The first-order valence-electron chi connectivity index (χ1n) is 7.62. The van der Waals surface area contributed by atoms with Crippen LogP contribution in [0.4, 0.5) is 5.69 Å². The van der Waals surface area contributed by atoms with Crippen LogP contribution in [0.25, 0.3) is 11.1 Å². The van der Waals surface area contributed by atoms with E-state index in [2.05, 4.69) is 16.8 Å². The smallest absolute Gasteiger partial charge is 0.336 e. The van der Waals surface area contributed by atoms with Gasteiger partial charge in [-0.15, -0.1) is 0 Å². The highest BCUT2D eigenvalue weighted by molar-refractivity contribution is 6.33. The number of benzene rings is 2.